The lowest BCUT2D eigenvalue weighted by molar-refractivity contribution is -0.0298. The molecule has 1 aliphatic rings. The second kappa shape index (κ2) is 4.40. The normalized spacial score (nSPS) is 15.8. The van der Waals surface area contributed by atoms with E-state index < -0.39 is 5.82 Å². The lowest BCUT2D eigenvalue weighted by Crippen LogP contribution is -2.39. The van der Waals surface area contributed by atoms with Gasteiger partial charge in [0.05, 0.1) is 18.8 Å². The van der Waals surface area contributed by atoms with Gasteiger partial charge in [0.2, 0.25) is 0 Å². The van der Waals surface area contributed by atoms with E-state index in [2.05, 4.69) is 5.32 Å². The molecule has 0 aliphatic carbocycles. The van der Waals surface area contributed by atoms with Gasteiger partial charge in [-0.3, -0.25) is 4.79 Å². The first kappa shape index (κ1) is 10.1. The summed E-state index contributed by atoms with van der Waals surface area (Å²) in [6.07, 6.45) is 0. The molecule has 1 fully saturated rings. The second-order valence-corrected chi connectivity index (χ2v) is 3.59. The molecule has 15 heavy (non-hydrogen) atoms. The van der Waals surface area contributed by atoms with Gasteiger partial charge < -0.3 is 10.1 Å². The molecular formula is C11H12FNO2. The van der Waals surface area contributed by atoms with Gasteiger partial charge in [-0.1, -0.05) is 12.1 Å². The van der Waals surface area contributed by atoms with Gasteiger partial charge in [-0.05, 0) is 12.1 Å². The van der Waals surface area contributed by atoms with E-state index in [4.69, 9.17) is 4.74 Å². The minimum Gasteiger partial charge on any atom is -0.381 e. The Kier molecular flexibility index (Phi) is 2.97. The molecule has 1 heterocycles. The highest BCUT2D eigenvalue weighted by Crippen LogP contribution is 2.09. The van der Waals surface area contributed by atoms with Gasteiger partial charge in [-0.2, -0.15) is 0 Å². The van der Waals surface area contributed by atoms with Crippen LogP contribution in [0.25, 0.3) is 0 Å². The molecule has 1 saturated heterocycles. The molecule has 4 heteroatoms. The largest absolute Gasteiger partial charge is 0.381 e. The van der Waals surface area contributed by atoms with E-state index in [1.165, 1.54) is 12.1 Å². The van der Waals surface area contributed by atoms with Crippen LogP contribution in [0.15, 0.2) is 24.3 Å². The molecular weight excluding hydrogens is 197 g/mol. The van der Waals surface area contributed by atoms with Gasteiger partial charge in [0, 0.05) is 12.5 Å². The number of carbonyl (C=O) groups is 1. The maximum Gasteiger partial charge on any atom is 0.254 e. The predicted octanol–water partition coefficient (Wildman–Crippen LogP) is 1.20. The number of nitrogens with one attached hydrogen (secondary N) is 1. The van der Waals surface area contributed by atoms with E-state index >= 15 is 0 Å². The first-order valence-electron chi connectivity index (χ1n) is 4.88. The van der Waals surface area contributed by atoms with Crippen molar-refractivity contribution in [3.8, 4) is 0 Å². The minimum absolute atomic E-state index is 0.0951. The molecule has 0 atom stereocenters. The van der Waals surface area contributed by atoms with Crippen LogP contribution in [0.3, 0.4) is 0 Å². The highest BCUT2D eigenvalue weighted by molar-refractivity contribution is 5.94. The molecule has 0 unspecified atom stereocenters. The lowest BCUT2D eigenvalue weighted by atomic mass is 10.1. The van der Waals surface area contributed by atoms with Crippen molar-refractivity contribution >= 4 is 5.91 Å². The molecule has 1 amide bonds. The Morgan fingerprint density at radius 2 is 2.20 bits per heavy atom. The average molecular weight is 209 g/mol. The van der Waals surface area contributed by atoms with Crippen LogP contribution in [-0.4, -0.2) is 25.7 Å². The number of rotatable bonds is 3. The number of hydrogen-bond acceptors (Lipinski definition) is 2. The number of benzene rings is 1. The molecule has 1 aliphatic heterocycles. The van der Waals surface area contributed by atoms with E-state index in [0.717, 1.165) is 0 Å². The van der Waals surface area contributed by atoms with Crippen molar-refractivity contribution in [3.63, 3.8) is 0 Å². The summed E-state index contributed by atoms with van der Waals surface area (Å²) in [5.74, 6) is -0.472. The molecule has 0 bridgehead atoms. The zero-order valence-corrected chi connectivity index (χ0v) is 8.20. The zero-order chi connectivity index (χ0) is 10.7. The predicted molar refractivity (Wildman–Crippen MR) is 53.0 cm³/mol. The second-order valence-electron chi connectivity index (χ2n) is 3.59. The highest BCUT2D eigenvalue weighted by Gasteiger charge is 2.19. The third kappa shape index (κ3) is 2.33. The van der Waals surface area contributed by atoms with Gasteiger partial charge in [0.1, 0.15) is 5.82 Å². The Morgan fingerprint density at radius 1 is 1.47 bits per heavy atom. The van der Waals surface area contributed by atoms with Crippen molar-refractivity contribution in [1.82, 2.24) is 5.32 Å². The van der Waals surface area contributed by atoms with Gasteiger partial charge in [-0.25, -0.2) is 4.39 Å². The topological polar surface area (TPSA) is 38.3 Å². The van der Waals surface area contributed by atoms with E-state index in [0.29, 0.717) is 25.7 Å². The quantitative estimate of drug-likeness (QED) is 0.812. The van der Waals surface area contributed by atoms with Gasteiger partial charge in [0.15, 0.2) is 0 Å². The molecule has 0 spiro atoms. The van der Waals surface area contributed by atoms with Crippen LogP contribution in [-0.2, 0) is 4.74 Å². The smallest absolute Gasteiger partial charge is 0.254 e. The van der Waals surface area contributed by atoms with Crippen LogP contribution in [0, 0.1) is 11.7 Å². The Balaban J connectivity index is 1.92. The van der Waals surface area contributed by atoms with Gasteiger partial charge in [-0.15, -0.1) is 0 Å². The van der Waals surface area contributed by atoms with Crippen LogP contribution in [0.5, 0.6) is 0 Å². The summed E-state index contributed by atoms with van der Waals surface area (Å²) < 4.78 is 18.1. The Labute approximate surface area is 87.2 Å². The minimum atomic E-state index is -0.486. The van der Waals surface area contributed by atoms with Crippen LogP contribution < -0.4 is 5.32 Å². The fourth-order valence-corrected chi connectivity index (χ4v) is 1.38. The van der Waals surface area contributed by atoms with Gasteiger partial charge >= 0.3 is 0 Å². The van der Waals surface area contributed by atoms with Crippen LogP contribution in [0.1, 0.15) is 10.4 Å². The maximum absolute atomic E-state index is 13.2. The van der Waals surface area contributed by atoms with Crippen molar-refractivity contribution in [2.75, 3.05) is 19.8 Å². The van der Waals surface area contributed by atoms with Crippen molar-refractivity contribution < 1.29 is 13.9 Å². The van der Waals surface area contributed by atoms with Gasteiger partial charge in [0.25, 0.3) is 5.91 Å². The third-order valence-corrected chi connectivity index (χ3v) is 2.38. The van der Waals surface area contributed by atoms with E-state index in [1.54, 1.807) is 12.1 Å². The Bertz CT molecular complexity index is 363. The summed E-state index contributed by atoms with van der Waals surface area (Å²) in [4.78, 5) is 11.5. The van der Waals surface area contributed by atoms with E-state index in [9.17, 15) is 9.18 Å². The monoisotopic (exact) mass is 209 g/mol. The highest BCUT2D eigenvalue weighted by atomic mass is 19.1. The summed E-state index contributed by atoms with van der Waals surface area (Å²) in [5.41, 5.74) is 0.0951. The average Bonchev–Trinajstić information content (AvgIpc) is 2.16. The molecule has 3 nitrogen and oxygen atoms in total. The summed E-state index contributed by atoms with van der Waals surface area (Å²) in [7, 11) is 0. The fourth-order valence-electron chi connectivity index (χ4n) is 1.38. The Hall–Kier alpha value is -1.42. The summed E-state index contributed by atoms with van der Waals surface area (Å²) in [6.45, 7) is 1.91. The molecule has 2 rings (SSSR count). The van der Waals surface area contributed by atoms with Crippen molar-refractivity contribution in [3.05, 3.63) is 35.6 Å². The number of carbonyl (C=O) groups excluding carboxylic acids is 1. The lowest BCUT2D eigenvalue weighted by Gasteiger charge is -2.25. The maximum atomic E-state index is 13.2. The van der Waals surface area contributed by atoms with Crippen molar-refractivity contribution in [2.45, 2.75) is 0 Å². The molecule has 0 aromatic heterocycles. The number of hydrogen-bond donors (Lipinski definition) is 1. The zero-order valence-electron chi connectivity index (χ0n) is 8.20. The number of ether oxygens (including phenoxy) is 1. The first-order chi connectivity index (χ1) is 7.27. The fraction of sp³-hybridized carbons (Fsp3) is 0.364. The molecule has 0 radical (unpaired) electrons. The van der Waals surface area contributed by atoms with Crippen LogP contribution in [0.4, 0.5) is 4.39 Å². The van der Waals surface area contributed by atoms with Crippen molar-refractivity contribution in [1.29, 1.82) is 0 Å². The molecule has 0 saturated carbocycles. The standard InChI is InChI=1S/C11H12FNO2/c12-10-4-2-1-3-9(10)11(14)13-5-8-6-15-7-8/h1-4,8H,5-7H2,(H,13,14). The van der Waals surface area contributed by atoms with E-state index in [-0.39, 0.29) is 11.5 Å². The molecule has 1 N–H and O–H groups in total. The van der Waals surface area contributed by atoms with Crippen LogP contribution in [0.2, 0.25) is 0 Å². The molecule has 80 valence electrons. The molecule has 1 aromatic rings. The van der Waals surface area contributed by atoms with E-state index in [1.807, 2.05) is 0 Å². The SMILES string of the molecule is O=C(NCC1COC1)c1ccccc1F. The number of amides is 1. The molecule has 1 aromatic carbocycles. The van der Waals surface area contributed by atoms with Crippen LogP contribution >= 0.6 is 0 Å². The third-order valence-electron chi connectivity index (χ3n) is 2.38. The first-order valence-corrected chi connectivity index (χ1v) is 4.88. The summed E-state index contributed by atoms with van der Waals surface area (Å²) in [5, 5.41) is 2.68. The van der Waals surface area contributed by atoms with Crippen molar-refractivity contribution in [2.24, 2.45) is 5.92 Å². The number of halogens is 1. The Morgan fingerprint density at radius 3 is 2.80 bits per heavy atom. The summed E-state index contributed by atoms with van der Waals surface area (Å²) >= 11 is 0. The summed E-state index contributed by atoms with van der Waals surface area (Å²) in [6, 6.07) is 5.96.